The van der Waals surface area contributed by atoms with Gasteiger partial charge in [0.15, 0.2) is 0 Å². The Kier molecular flexibility index (Phi) is 5.84. The molecule has 0 spiro atoms. The van der Waals surface area contributed by atoms with Gasteiger partial charge in [0.1, 0.15) is 24.2 Å². The summed E-state index contributed by atoms with van der Waals surface area (Å²) in [5, 5.41) is 22.0. The Bertz CT molecular complexity index is 1040. The molecule has 0 N–H and O–H groups in total. The second-order valence-corrected chi connectivity index (χ2v) is 7.52. The van der Waals surface area contributed by atoms with Crippen LogP contribution >= 0.6 is 15.9 Å². The van der Waals surface area contributed by atoms with Crippen molar-refractivity contribution in [3.05, 3.63) is 40.9 Å². The number of nitrogens with zero attached hydrogens (tertiary/aromatic N) is 7. The first-order valence-corrected chi connectivity index (χ1v) is 9.94. The van der Waals surface area contributed by atoms with Crippen molar-refractivity contribution < 1.29 is 19.0 Å². The van der Waals surface area contributed by atoms with Crippen molar-refractivity contribution in [1.82, 2.24) is 30.2 Å². The van der Waals surface area contributed by atoms with Crippen LogP contribution in [0.1, 0.15) is 12.8 Å². The number of aliphatic carboxylic acids is 1. The summed E-state index contributed by atoms with van der Waals surface area (Å²) in [6, 6.07) is 4.37. The van der Waals surface area contributed by atoms with E-state index in [1.165, 1.54) is 12.1 Å². The smallest absolute Gasteiger partial charge is 0.225 e. The van der Waals surface area contributed by atoms with Crippen LogP contribution in [0, 0.1) is 5.82 Å². The lowest BCUT2D eigenvalue weighted by molar-refractivity contribution is -0.307. The Morgan fingerprint density at radius 1 is 1.27 bits per heavy atom. The number of anilines is 1. The van der Waals surface area contributed by atoms with Crippen molar-refractivity contribution in [3.8, 4) is 17.1 Å². The topological polar surface area (TPSA) is 122 Å². The van der Waals surface area contributed by atoms with Crippen LogP contribution < -0.4 is 14.7 Å². The second-order valence-electron chi connectivity index (χ2n) is 6.67. The summed E-state index contributed by atoms with van der Waals surface area (Å²) in [6.07, 6.45) is 4.59. The Balaban J connectivity index is 1.35. The molecule has 3 aromatic rings. The minimum Gasteiger partial charge on any atom is -0.548 e. The van der Waals surface area contributed by atoms with Crippen molar-refractivity contribution in [2.45, 2.75) is 25.5 Å². The van der Waals surface area contributed by atoms with Crippen LogP contribution in [0.2, 0.25) is 0 Å². The van der Waals surface area contributed by atoms with Crippen LogP contribution in [0.5, 0.6) is 5.75 Å². The maximum atomic E-state index is 13.4. The summed E-state index contributed by atoms with van der Waals surface area (Å²) >= 11 is 3.37. The molecule has 1 aliphatic heterocycles. The predicted molar refractivity (Wildman–Crippen MR) is 104 cm³/mol. The number of carbonyl (C=O) groups excluding carboxylic acids is 1. The fourth-order valence-corrected chi connectivity index (χ4v) is 3.40. The second kappa shape index (κ2) is 8.69. The van der Waals surface area contributed by atoms with Gasteiger partial charge in [-0.15, -0.1) is 10.2 Å². The van der Waals surface area contributed by atoms with E-state index in [0.29, 0.717) is 30.4 Å². The summed E-state index contributed by atoms with van der Waals surface area (Å²) < 4.78 is 20.1. The molecule has 4 rings (SSSR count). The monoisotopic (exact) mass is 476 g/mol. The fraction of sp³-hybridized carbons (Fsp3) is 0.333. The lowest BCUT2D eigenvalue weighted by Crippen LogP contribution is -2.39. The minimum absolute atomic E-state index is 0.0263. The van der Waals surface area contributed by atoms with Gasteiger partial charge >= 0.3 is 0 Å². The van der Waals surface area contributed by atoms with Gasteiger partial charge in [0.05, 0.1) is 16.0 Å². The van der Waals surface area contributed by atoms with Gasteiger partial charge < -0.3 is 19.5 Å². The molecule has 0 saturated carbocycles. The fourth-order valence-electron chi connectivity index (χ4n) is 3.06. The molecule has 1 saturated heterocycles. The zero-order valence-electron chi connectivity index (χ0n) is 15.6. The highest BCUT2D eigenvalue weighted by molar-refractivity contribution is 9.10. The van der Waals surface area contributed by atoms with Crippen LogP contribution in [-0.4, -0.2) is 55.3 Å². The number of carboxylic acids is 1. The number of tetrazole rings is 1. The first-order valence-electron chi connectivity index (χ1n) is 9.14. The third-order valence-electron chi connectivity index (χ3n) is 4.53. The van der Waals surface area contributed by atoms with Crippen molar-refractivity contribution in [2.75, 3.05) is 18.0 Å². The third kappa shape index (κ3) is 4.70. The molecule has 0 aliphatic carbocycles. The number of rotatable bonds is 6. The highest BCUT2D eigenvalue weighted by atomic mass is 79.9. The van der Waals surface area contributed by atoms with Crippen LogP contribution in [0.3, 0.4) is 0 Å². The summed E-state index contributed by atoms with van der Waals surface area (Å²) in [5.74, 6) is -0.355. The van der Waals surface area contributed by atoms with Crippen molar-refractivity contribution in [3.63, 3.8) is 0 Å². The van der Waals surface area contributed by atoms with Crippen LogP contribution in [0.4, 0.5) is 10.3 Å². The number of hydrogen-bond acceptors (Lipinski definition) is 9. The molecule has 0 radical (unpaired) electrons. The standard InChI is InChI=1S/C18H17BrFN7O3/c19-14-2-1-12(20)7-15(14)30-13-3-5-26(6-4-13)18-21-8-11(9-22-18)17-23-25-27(24-17)10-16(28)29/h1-2,7-9,13H,3-6,10H2,(H,28,29)/p-1. The van der Waals surface area contributed by atoms with Gasteiger partial charge in [-0.2, -0.15) is 4.80 Å². The van der Waals surface area contributed by atoms with E-state index in [-0.39, 0.29) is 17.7 Å². The van der Waals surface area contributed by atoms with Gasteiger partial charge in [-0.1, -0.05) is 0 Å². The Morgan fingerprint density at radius 2 is 2.00 bits per heavy atom. The van der Waals surface area contributed by atoms with Crippen LogP contribution in [0.15, 0.2) is 35.1 Å². The van der Waals surface area contributed by atoms with E-state index in [2.05, 4.69) is 41.3 Å². The average molecular weight is 477 g/mol. The van der Waals surface area contributed by atoms with E-state index in [9.17, 15) is 14.3 Å². The number of hydrogen-bond donors (Lipinski definition) is 0. The number of halogens is 2. The molecular formula is C18H16BrFN7O3-. The predicted octanol–water partition coefficient (Wildman–Crippen LogP) is 0.829. The van der Waals surface area contributed by atoms with E-state index in [1.807, 2.05) is 4.90 Å². The first-order chi connectivity index (χ1) is 14.5. The molecule has 10 nitrogen and oxygen atoms in total. The molecule has 3 heterocycles. The number of piperidine rings is 1. The van der Waals surface area contributed by atoms with Crippen molar-refractivity contribution in [1.29, 1.82) is 0 Å². The number of carbonyl (C=O) groups is 1. The molecule has 2 aromatic heterocycles. The van der Waals surface area contributed by atoms with Gasteiger partial charge in [-0.25, -0.2) is 14.4 Å². The molecule has 30 heavy (non-hydrogen) atoms. The zero-order valence-corrected chi connectivity index (χ0v) is 17.2. The van der Waals surface area contributed by atoms with Gasteiger partial charge in [0.2, 0.25) is 11.8 Å². The van der Waals surface area contributed by atoms with Gasteiger partial charge in [0, 0.05) is 44.4 Å². The van der Waals surface area contributed by atoms with E-state index >= 15 is 0 Å². The normalized spacial score (nSPS) is 14.7. The number of carboxylic acid groups (broad SMARTS) is 1. The molecular weight excluding hydrogens is 461 g/mol. The molecule has 156 valence electrons. The quantitative estimate of drug-likeness (QED) is 0.508. The maximum Gasteiger partial charge on any atom is 0.225 e. The molecule has 0 unspecified atom stereocenters. The summed E-state index contributed by atoms with van der Waals surface area (Å²) in [6.45, 7) is 0.906. The largest absolute Gasteiger partial charge is 0.548 e. The SMILES string of the molecule is O=C([O-])Cn1nnc(-c2cnc(N3CCC(Oc4cc(F)ccc4Br)CC3)nc2)n1. The lowest BCUT2D eigenvalue weighted by Gasteiger charge is -2.32. The van der Waals surface area contributed by atoms with Gasteiger partial charge in [0.25, 0.3) is 0 Å². The van der Waals surface area contributed by atoms with Gasteiger partial charge in [-0.05, 0) is 33.3 Å². The number of ether oxygens (including phenoxy) is 1. The van der Waals surface area contributed by atoms with Crippen molar-refractivity contribution >= 4 is 27.8 Å². The molecule has 1 aromatic carbocycles. The molecule has 0 amide bonds. The molecule has 12 heteroatoms. The number of aromatic nitrogens is 6. The van der Waals surface area contributed by atoms with Crippen molar-refractivity contribution in [2.24, 2.45) is 0 Å². The van der Waals surface area contributed by atoms with Crippen LogP contribution in [-0.2, 0) is 11.3 Å². The van der Waals surface area contributed by atoms with Gasteiger partial charge in [-0.3, -0.25) is 0 Å². The van der Waals surface area contributed by atoms with E-state index in [0.717, 1.165) is 22.1 Å². The average Bonchev–Trinajstić information content (AvgIpc) is 3.19. The third-order valence-corrected chi connectivity index (χ3v) is 5.19. The number of benzene rings is 1. The minimum atomic E-state index is -1.30. The summed E-state index contributed by atoms with van der Waals surface area (Å²) in [5.41, 5.74) is 0.525. The molecule has 1 aliphatic rings. The van der Waals surface area contributed by atoms with E-state index in [4.69, 9.17) is 4.74 Å². The molecule has 0 atom stereocenters. The maximum absolute atomic E-state index is 13.4. The first kappa shape index (κ1) is 20.1. The lowest BCUT2D eigenvalue weighted by atomic mass is 10.1. The summed E-state index contributed by atoms with van der Waals surface area (Å²) in [4.78, 5) is 22.3. The Labute approximate surface area is 178 Å². The summed E-state index contributed by atoms with van der Waals surface area (Å²) in [7, 11) is 0. The highest BCUT2D eigenvalue weighted by Crippen LogP contribution is 2.29. The van der Waals surface area contributed by atoms with Crippen LogP contribution in [0.25, 0.3) is 11.4 Å². The van der Waals surface area contributed by atoms with E-state index in [1.54, 1.807) is 18.5 Å². The molecule has 1 fully saturated rings. The Hall–Kier alpha value is -3.15. The van der Waals surface area contributed by atoms with E-state index < -0.39 is 12.5 Å². The zero-order chi connectivity index (χ0) is 21.1. The Morgan fingerprint density at radius 3 is 2.70 bits per heavy atom. The molecule has 0 bridgehead atoms. The highest BCUT2D eigenvalue weighted by Gasteiger charge is 2.23.